The smallest absolute Gasteiger partial charge is 0.185 e. The van der Waals surface area contributed by atoms with Crippen molar-refractivity contribution in [3.63, 3.8) is 0 Å². The van der Waals surface area contributed by atoms with Gasteiger partial charge in [0.15, 0.2) is 5.78 Å². The number of nitrogen functional groups attached to an aromatic ring is 1. The first-order valence-electron chi connectivity index (χ1n) is 7.96. The minimum atomic E-state index is -0.0124. The van der Waals surface area contributed by atoms with Crippen molar-refractivity contribution in [2.75, 3.05) is 11.1 Å². The van der Waals surface area contributed by atoms with Crippen molar-refractivity contribution in [1.82, 2.24) is 15.0 Å². The van der Waals surface area contributed by atoms with Gasteiger partial charge < -0.3 is 11.1 Å². The zero-order valence-electron chi connectivity index (χ0n) is 13.9. The number of aryl methyl sites for hydroxylation is 1. The van der Waals surface area contributed by atoms with E-state index in [0.29, 0.717) is 24.5 Å². The summed E-state index contributed by atoms with van der Waals surface area (Å²) in [6.45, 7) is 2.44. The first kappa shape index (κ1) is 16.6. The lowest BCUT2D eigenvalue weighted by Gasteiger charge is -2.09. The number of nitrogens with one attached hydrogen (secondary N) is 1. The van der Waals surface area contributed by atoms with Crippen LogP contribution in [0.1, 0.15) is 27.3 Å². The summed E-state index contributed by atoms with van der Waals surface area (Å²) >= 11 is 0. The molecular formula is C19H19N5O. The summed E-state index contributed by atoms with van der Waals surface area (Å²) in [6.07, 6.45) is 5.34. The molecule has 0 aromatic carbocycles. The van der Waals surface area contributed by atoms with Crippen LogP contribution in [-0.4, -0.2) is 20.7 Å². The molecule has 3 aromatic rings. The second kappa shape index (κ2) is 7.53. The molecule has 3 aromatic heterocycles. The Balaban J connectivity index is 1.66. The number of ketones is 1. The Kier molecular flexibility index (Phi) is 4.99. The van der Waals surface area contributed by atoms with E-state index in [-0.39, 0.29) is 5.78 Å². The topological polar surface area (TPSA) is 93.8 Å². The molecule has 6 nitrogen and oxygen atoms in total. The maximum absolute atomic E-state index is 12.3. The van der Waals surface area contributed by atoms with Gasteiger partial charge in [-0.2, -0.15) is 0 Å². The van der Waals surface area contributed by atoms with Crippen LogP contribution in [0.3, 0.4) is 0 Å². The van der Waals surface area contributed by atoms with Crippen LogP contribution in [0.15, 0.2) is 55.0 Å². The van der Waals surface area contributed by atoms with Crippen molar-refractivity contribution in [2.45, 2.75) is 19.9 Å². The van der Waals surface area contributed by atoms with Crippen LogP contribution in [0.4, 0.5) is 11.5 Å². The minimum absolute atomic E-state index is 0.0124. The first-order valence-corrected chi connectivity index (χ1v) is 7.96. The van der Waals surface area contributed by atoms with E-state index in [2.05, 4.69) is 20.3 Å². The second-order valence-electron chi connectivity index (χ2n) is 5.77. The Hall–Kier alpha value is -3.28. The van der Waals surface area contributed by atoms with E-state index < -0.39 is 0 Å². The van der Waals surface area contributed by atoms with Crippen LogP contribution < -0.4 is 11.1 Å². The van der Waals surface area contributed by atoms with Gasteiger partial charge in [-0.3, -0.25) is 14.8 Å². The van der Waals surface area contributed by atoms with Crippen LogP contribution in [0.2, 0.25) is 0 Å². The molecule has 3 heterocycles. The molecule has 0 bridgehead atoms. The predicted molar refractivity (Wildman–Crippen MR) is 97.2 cm³/mol. The van der Waals surface area contributed by atoms with E-state index in [0.717, 1.165) is 22.5 Å². The van der Waals surface area contributed by atoms with Gasteiger partial charge in [-0.25, -0.2) is 4.98 Å². The summed E-state index contributed by atoms with van der Waals surface area (Å²) in [5.41, 5.74) is 9.80. The van der Waals surface area contributed by atoms with Crippen molar-refractivity contribution in [3.05, 3.63) is 77.5 Å². The third kappa shape index (κ3) is 4.38. The molecule has 0 saturated carbocycles. The summed E-state index contributed by atoms with van der Waals surface area (Å²) in [5, 5.41) is 3.20. The molecule has 0 aliphatic rings. The highest BCUT2D eigenvalue weighted by atomic mass is 16.1. The van der Waals surface area contributed by atoms with Crippen LogP contribution in [0, 0.1) is 6.92 Å². The van der Waals surface area contributed by atoms with Crippen LogP contribution in [0.5, 0.6) is 0 Å². The molecule has 0 radical (unpaired) electrons. The molecule has 0 unspecified atom stereocenters. The van der Waals surface area contributed by atoms with E-state index >= 15 is 0 Å². The molecule has 0 spiro atoms. The number of nitrogens with zero attached hydrogens (tertiary/aromatic N) is 3. The Morgan fingerprint density at radius 1 is 1.12 bits per heavy atom. The summed E-state index contributed by atoms with van der Waals surface area (Å²) in [7, 11) is 0. The quantitative estimate of drug-likeness (QED) is 0.674. The van der Waals surface area contributed by atoms with Gasteiger partial charge in [0.05, 0.1) is 17.9 Å². The van der Waals surface area contributed by atoms with E-state index in [9.17, 15) is 4.79 Å². The number of carbonyl (C=O) groups is 1. The maximum atomic E-state index is 12.3. The van der Waals surface area contributed by atoms with Crippen molar-refractivity contribution < 1.29 is 4.79 Å². The fourth-order valence-corrected chi connectivity index (χ4v) is 2.40. The van der Waals surface area contributed by atoms with Crippen molar-refractivity contribution in [2.24, 2.45) is 0 Å². The minimum Gasteiger partial charge on any atom is -0.382 e. The number of aromatic nitrogens is 3. The number of pyridine rings is 3. The van der Waals surface area contributed by atoms with Crippen LogP contribution >= 0.6 is 0 Å². The lowest BCUT2D eigenvalue weighted by molar-refractivity contribution is 0.0988. The predicted octanol–water partition coefficient (Wildman–Crippen LogP) is 2.80. The average molecular weight is 333 g/mol. The normalized spacial score (nSPS) is 10.4. The third-order valence-electron chi connectivity index (χ3n) is 3.74. The van der Waals surface area contributed by atoms with Gasteiger partial charge in [0, 0.05) is 25.0 Å². The van der Waals surface area contributed by atoms with E-state index in [1.807, 2.05) is 37.3 Å². The van der Waals surface area contributed by atoms with Gasteiger partial charge in [-0.15, -0.1) is 0 Å². The molecule has 126 valence electrons. The highest BCUT2D eigenvalue weighted by molar-refractivity contribution is 5.95. The number of nitrogens with two attached hydrogens (primary N) is 1. The highest BCUT2D eigenvalue weighted by Gasteiger charge is 2.09. The average Bonchev–Trinajstić information content (AvgIpc) is 2.62. The van der Waals surface area contributed by atoms with Gasteiger partial charge in [-0.05, 0) is 48.4 Å². The monoisotopic (exact) mass is 333 g/mol. The van der Waals surface area contributed by atoms with Gasteiger partial charge in [-0.1, -0.05) is 6.07 Å². The van der Waals surface area contributed by atoms with Gasteiger partial charge in [0.25, 0.3) is 0 Å². The Morgan fingerprint density at radius 2 is 2.00 bits per heavy atom. The number of Topliss-reactive ketones (excluding diaryl/α,β-unsaturated/α-hetero) is 1. The number of carbonyl (C=O) groups excluding carboxylic acids is 1. The third-order valence-corrected chi connectivity index (χ3v) is 3.74. The van der Waals surface area contributed by atoms with Crippen molar-refractivity contribution >= 4 is 17.3 Å². The lowest BCUT2D eigenvalue weighted by atomic mass is 10.1. The van der Waals surface area contributed by atoms with Crippen molar-refractivity contribution in [3.8, 4) is 0 Å². The Bertz CT molecular complexity index is 877. The van der Waals surface area contributed by atoms with E-state index in [1.54, 1.807) is 24.7 Å². The maximum Gasteiger partial charge on any atom is 0.185 e. The molecule has 25 heavy (non-hydrogen) atoms. The van der Waals surface area contributed by atoms with Crippen LogP contribution in [0.25, 0.3) is 0 Å². The molecule has 0 amide bonds. The molecule has 6 heteroatoms. The summed E-state index contributed by atoms with van der Waals surface area (Å²) in [5.74, 6) is 0.431. The molecule has 0 aliphatic carbocycles. The standard InChI is InChI=1S/C19H19N5O/c1-13-4-5-16(23-11-13)18(25)10-14-6-8-21-15(9-14)12-24-17-3-2-7-22-19(17)20/h2-9,11,24H,10,12H2,1H3,(H2,20,22). The molecule has 3 N–H and O–H groups in total. The number of anilines is 2. The summed E-state index contributed by atoms with van der Waals surface area (Å²) < 4.78 is 0. The zero-order valence-corrected chi connectivity index (χ0v) is 13.9. The number of hydrogen-bond donors (Lipinski definition) is 2. The van der Waals surface area contributed by atoms with E-state index in [4.69, 9.17) is 5.73 Å². The molecular weight excluding hydrogens is 314 g/mol. The lowest BCUT2D eigenvalue weighted by Crippen LogP contribution is -2.08. The molecule has 0 saturated heterocycles. The SMILES string of the molecule is Cc1ccc(C(=O)Cc2ccnc(CNc3cccnc3N)c2)nc1. The fraction of sp³-hybridized carbons (Fsp3) is 0.158. The van der Waals surface area contributed by atoms with Gasteiger partial charge >= 0.3 is 0 Å². The molecule has 0 aliphatic heterocycles. The summed E-state index contributed by atoms with van der Waals surface area (Å²) in [6, 6.07) is 11.1. The molecule has 3 rings (SSSR count). The second-order valence-corrected chi connectivity index (χ2v) is 5.77. The summed E-state index contributed by atoms with van der Waals surface area (Å²) in [4.78, 5) is 24.9. The Morgan fingerprint density at radius 3 is 2.76 bits per heavy atom. The fourth-order valence-electron chi connectivity index (χ4n) is 2.40. The van der Waals surface area contributed by atoms with E-state index in [1.165, 1.54) is 0 Å². The van der Waals surface area contributed by atoms with Gasteiger partial charge in [0.2, 0.25) is 0 Å². The highest BCUT2D eigenvalue weighted by Crippen LogP contribution is 2.15. The largest absolute Gasteiger partial charge is 0.382 e. The van der Waals surface area contributed by atoms with Crippen LogP contribution in [-0.2, 0) is 13.0 Å². The first-order chi connectivity index (χ1) is 12.1. The zero-order chi connectivity index (χ0) is 17.6. The molecule has 0 atom stereocenters. The van der Waals surface area contributed by atoms with Gasteiger partial charge in [0.1, 0.15) is 11.5 Å². The number of hydrogen-bond acceptors (Lipinski definition) is 6. The Labute approximate surface area is 146 Å². The molecule has 0 fully saturated rings. The van der Waals surface area contributed by atoms with Crippen molar-refractivity contribution in [1.29, 1.82) is 0 Å². The number of rotatable bonds is 6.